The first-order chi connectivity index (χ1) is 21.9. The van der Waals surface area contributed by atoms with Gasteiger partial charge in [-0.2, -0.15) is 26.3 Å². The third kappa shape index (κ3) is 8.52. The van der Waals surface area contributed by atoms with Gasteiger partial charge in [0.05, 0.1) is 11.1 Å². The highest BCUT2D eigenvalue weighted by Crippen LogP contribution is 2.32. The fourth-order valence-corrected chi connectivity index (χ4v) is 6.26. The van der Waals surface area contributed by atoms with Crippen molar-refractivity contribution in [2.45, 2.75) is 88.9 Å². The van der Waals surface area contributed by atoms with Crippen LogP contribution < -0.4 is 10.6 Å². The standard InChI is InChI=1S/C34H36F6N4O2/c35-33(36,37)25-12-16-27(17-13-25)41-31(45)43(29-8-1-2-9-29)21-23-6-5-7-24(20-23)22-44(30-10-3-4-11-30)32(46)42-28-18-14-26(15-19-28)34(38,39)40/h5-7,12-20,29-30H,1-4,8-11,21-22H2,(H,41,45)(H,42,46). The van der Waals surface area contributed by atoms with Gasteiger partial charge >= 0.3 is 24.4 Å². The highest BCUT2D eigenvalue weighted by molar-refractivity contribution is 5.90. The van der Waals surface area contributed by atoms with Crippen LogP contribution in [0.4, 0.5) is 47.3 Å². The minimum atomic E-state index is -4.47. The maximum Gasteiger partial charge on any atom is 0.416 e. The zero-order chi connectivity index (χ0) is 32.9. The van der Waals surface area contributed by atoms with Crippen LogP contribution in [0.25, 0.3) is 0 Å². The van der Waals surface area contributed by atoms with E-state index in [4.69, 9.17) is 0 Å². The Hall–Kier alpha value is -4.22. The summed E-state index contributed by atoms with van der Waals surface area (Å²) in [6, 6.07) is 15.4. The van der Waals surface area contributed by atoms with Crippen LogP contribution in [0.5, 0.6) is 0 Å². The van der Waals surface area contributed by atoms with Gasteiger partial charge in [-0.3, -0.25) is 0 Å². The predicted octanol–water partition coefficient (Wildman–Crippen LogP) is 9.68. The molecule has 0 aromatic heterocycles. The number of rotatable bonds is 8. The highest BCUT2D eigenvalue weighted by Gasteiger charge is 2.32. The molecule has 5 rings (SSSR count). The maximum atomic E-state index is 13.4. The Kier molecular flexibility index (Phi) is 10.1. The number of benzene rings is 3. The topological polar surface area (TPSA) is 64.7 Å². The van der Waals surface area contributed by atoms with Crippen molar-refractivity contribution < 1.29 is 35.9 Å². The van der Waals surface area contributed by atoms with Crippen LogP contribution >= 0.6 is 0 Å². The molecule has 0 atom stereocenters. The fourth-order valence-electron chi connectivity index (χ4n) is 6.26. The van der Waals surface area contributed by atoms with Gasteiger partial charge in [0.1, 0.15) is 0 Å². The summed E-state index contributed by atoms with van der Waals surface area (Å²) < 4.78 is 78.0. The van der Waals surface area contributed by atoms with Crippen molar-refractivity contribution in [1.29, 1.82) is 0 Å². The Morgan fingerprint density at radius 2 is 0.935 bits per heavy atom. The molecule has 0 heterocycles. The Bertz CT molecular complexity index is 1370. The van der Waals surface area contributed by atoms with Crippen molar-refractivity contribution in [3.8, 4) is 0 Å². The second-order valence-corrected chi connectivity index (χ2v) is 12.0. The van der Waals surface area contributed by atoms with Crippen molar-refractivity contribution in [2.75, 3.05) is 10.6 Å². The first-order valence-corrected chi connectivity index (χ1v) is 15.4. The number of nitrogens with zero attached hydrogens (tertiary/aromatic N) is 2. The molecule has 0 unspecified atom stereocenters. The van der Waals surface area contributed by atoms with Crippen molar-refractivity contribution >= 4 is 23.4 Å². The van der Waals surface area contributed by atoms with E-state index in [2.05, 4.69) is 10.6 Å². The van der Waals surface area contributed by atoms with E-state index in [1.165, 1.54) is 24.3 Å². The van der Waals surface area contributed by atoms with Gasteiger partial charge in [0.15, 0.2) is 0 Å². The van der Waals surface area contributed by atoms with E-state index in [1.807, 2.05) is 24.3 Å². The van der Waals surface area contributed by atoms with E-state index in [9.17, 15) is 35.9 Å². The summed E-state index contributed by atoms with van der Waals surface area (Å²) in [6.07, 6.45) is -1.78. The number of hydrogen-bond donors (Lipinski definition) is 2. The molecule has 2 fully saturated rings. The zero-order valence-electron chi connectivity index (χ0n) is 25.1. The summed E-state index contributed by atoms with van der Waals surface area (Å²) in [5.41, 5.74) is 0.606. The number of anilines is 2. The van der Waals surface area contributed by atoms with Crippen molar-refractivity contribution in [3.63, 3.8) is 0 Å². The Balaban J connectivity index is 1.29. The molecule has 0 bridgehead atoms. The van der Waals surface area contributed by atoms with Gasteiger partial charge in [-0.05, 0) is 85.3 Å². The minimum Gasteiger partial charge on any atom is -0.317 e. The molecular formula is C34H36F6N4O2. The quantitative estimate of drug-likeness (QED) is 0.240. The number of hydrogen-bond acceptors (Lipinski definition) is 2. The first kappa shape index (κ1) is 33.2. The molecule has 2 aliphatic rings. The fraction of sp³-hybridized carbons (Fsp3) is 0.412. The first-order valence-electron chi connectivity index (χ1n) is 15.4. The van der Waals surface area contributed by atoms with E-state index < -0.39 is 35.5 Å². The molecule has 2 saturated carbocycles. The molecule has 0 radical (unpaired) electrons. The van der Waals surface area contributed by atoms with Crippen LogP contribution in [0.2, 0.25) is 0 Å². The van der Waals surface area contributed by atoms with E-state index in [0.29, 0.717) is 0 Å². The summed E-state index contributed by atoms with van der Waals surface area (Å²) in [5.74, 6) is 0. The monoisotopic (exact) mass is 646 g/mol. The van der Waals surface area contributed by atoms with Crippen LogP contribution in [0.1, 0.15) is 73.6 Å². The molecule has 0 aliphatic heterocycles. The van der Waals surface area contributed by atoms with Crippen molar-refractivity contribution in [2.24, 2.45) is 0 Å². The molecule has 246 valence electrons. The van der Waals surface area contributed by atoms with E-state index in [1.54, 1.807) is 9.80 Å². The number of carbonyl (C=O) groups excluding carboxylic acids is 2. The van der Waals surface area contributed by atoms with E-state index >= 15 is 0 Å². The van der Waals surface area contributed by atoms with Crippen LogP contribution in [0.15, 0.2) is 72.8 Å². The normalized spacial score (nSPS) is 16.0. The van der Waals surface area contributed by atoms with Crippen LogP contribution in [-0.4, -0.2) is 33.9 Å². The van der Waals surface area contributed by atoms with Gasteiger partial charge in [-0.15, -0.1) is 0 Å². The number of nitrogens with one attached hydrogen (secondary N) is 2. The highest BCUT2D eigenvalue weighted by atomic mass is 19.4. The lowest BCUT2D eigenvalue weighted by Gasteiger charge is -2.31. The summed E-state index contributed by atoms with van der Waals surface area (Å²) in [6.45, 7) is 0.540. The van der Waals surface area contributed by atoms with Gasteiger partial charge < -0.3 is 20.4 Å². The Labute approximate surface area is 263 Å². The largest absolute Gasteiger partial charge is 0.416 e. The second-order valence-electron chi connectivity index (χ2n) is 12.0. The summed E-state index contributed by atoms with van der Waals surface area (Å²) >= 11 is 0. The number of alkyl halides is 6. The minimum absolute atomic E-state index is 0.0254. The molecule has 2 N–H and O–H groups in total. The van der Waals surface area contributed by atoms with Crippen molar-refractivity contribution in [1.82, 2.24) is 9.80 Å². The predicted molar refractivity (Wildman–Crippen MR) is 163 cm³/mol. The maximum absolute atomic E-state index is 13.4. The summed E-state index contributed by atoms with van der Waals surface area (Å²) in [5, 5.41) is 5.50. The van der Waals surface area contributed by atoms with Crippen molar-refractivity contribution in [3.05, 3.63) is 95.1 Å². The summed E-state index contributed by atoms with van der Waals surface area (Å²) in [7, 11) is 0. The molecule has 46 heavy (non-hydrogen) atoms. The smallest absolute Gasteiger partial charge is 0.317 e. The number of amides is 4. The molecule has 4 amide bonds. The average Bonchev–Trinajstić information content (AvgIpc) is 3.74. The Morgan fingerprint density at radius 1 is 0.587 bits per heavy atom. The molecule has 3 aromatic carbocycles. The van der Waals surface area contributed by atoms with Gasteiger partial charge in [-0.1, -0.05) is 49.9 Å². The third-order valence-corrected chi connectivity index (χ3v) is 8.68. The molecule has 6 nitrogen and oxygen atoms in total. The van der Waals surface area contributed by atoms with Gasteiger partial charge in [-0.25, -0.2) is 9.59 Å². The molecule has 12 heteroatoms. The van der Waals surface area contributed by atoms with Gasteiger partial charge in [0.2, 0.25) is 0 Å². The molecular weight excluding hydrogens is 610 g/mol. The second kappa shape index (κ2) is 14.0. The van der Waals surface area contributed by atoms with E-state index in [-0.39, 0.29) is 36.5 Å². The Morgan fingerprint density at radius 3 is 1.26 bits per heavy atom. The molecule has 0 saturated heterocycles. The van der Waals surface area contributed by atoms with Crippen LogP contribution in [-0.2, 0) is 25.4 Å². The number of urea groups is 2. The van der Waals surface area contributed by atoms with Crippen LogP contribution in [0.3, 0.4) is 0 Å². The summed E-state index contributed by atoms with van der Waals surface area (Å²) in [4.78, 5) is 30.3. The zero-order valence-corrected chi connectivity index (χ0v) is 25.1. The van der Waals surface area contributed by atoms with E-state index in [0.717, 1.165) is 86.8 Å². The number of halogens is 6. The lowest BCUT2D eigenvalue weighted by molar-refractivity contribution is -0.138. The molecule has 3 aromatic rings. The molecule has 2 aliphatic carbocycles. The lowest BCUT2D eigenvalue weighted by atomic mass is 10.1. The SMILES string of the molecule is O=C(Nc1ccc(C(F)(F)F)cc1)N(Cc1cccc(CN(C(=O)Nc2ccc(C(F)(F)F)cc2)C2CCCC2)c1)C1CCCC1. The van der Waals surface area contributed by atoms with Gasteiger partial charge in [0.25, 0.3) is 0 Å². The number of carbonyl (C=O) groups is 2. The average molecular weight is 647 g/mol. The molecule has 0 spiro atoms. The van der Waals surface area contributed by atoms with Gasteiger partial charge in [0, 0.05) is 36.5 Å². The third-order valence-electron chi connectivity index (χ3n) is 8.68. The lowest BCUT2D eigenvalue weighted by Crippen LogP contribution is -2.41. The van der Waals surface area contributed by atoms with Crippen LogP contribution in [0, 0.1) is 0 Å².